The van der Waals surface area contributed by atoms with Crippen molar-refractivity contribution in [3.8, 4) is 17.2 Å². The van der Waals surface area contributed by atoms with Crippen molar-refractivity contribution in [1.29, 1.82) is 0 Å². The molecule has 0 spiro atoms. The molecule has 0 aromatic heterocycles. The van der Waals surface area contributed by atoms with Crippen LogP contribution in [0, 0.1) is 0 Å². The maximum Gasteiger partial charge on any atom is 0.260 e. The molecule has 0 N–H and O–H groups in total. The lowest BCUT2D eigenvalue weighted by atomic mass is 10.3. The Hall–Kier alpha value is -2.17. The molecule has 2 rings (SSSR count). The highest BCUT2D eigenvalue weighted by atomic mass is 16.7. The second-order valence-corrected chi connectivity index (χ2v) is 4.67. The summed E-state index contributed by atoms with van der Waals surface area (Å²) in [5.41, 5.74) is 0.947. The van der Waals surface area contributed by atoms with Crippen LogP contribution in [-0.2, 0) is 4.79 Å². The summed E-state index contributed by atoms with van der Waals surface area (Å²) in [6.45, 7) is 9.06. The van der Waals surface area contributed by atoms with Gasteiger partial charge in [-0.25, -0.2) is 0 Å². The highest BCUT2D eigenvalue weighted by Gasteiger charge is 2.16. The summed E-state index contributed by atoms with van der Waals surface area (Å²) in [6, 6.07) is 5.26. The van der Waals surface area contributed by atoms with Crippen LogP contribution in [0.4, 0.5) is 0 Å². The largest absolute Gasteiger partial charge is 0.484 e. The van der Waals surface area contributed by atoms with Gasteiger partial charge in [0.1, 0.15) is 5.75 Å². The predicted molar refractivity (Wildman–Crippen MR) is 75.1 cm³/mol. The zero-order valence-electron chi connectivity index (χ0n) is 11.8. The third-order valence-electron chi connectivity index (χ3n) is 2.90. The van der Waals surface area contributed by atoms with E-state index in [0.29, 0.717) is 30.3 Å². The van der Waals surface area contributed by atoms with Crippen LogP contribution >= 0.6 is 0 Å². The monoisotopic (exact) mass is 277 g/mol. The van der Waals surface area contributed by atoms with E-state index in [0.717, 1.165) is 5.57 Å². The van der Waals surface area contributed by atoms with E-state index in [1.807, 2.05) is 13.8 Å². The van der Waals surface area contributed by atoms with Gasteiger partial charge in [-0.05, 0) is 26.0 Å². The molecule has 0 radical (unpaired) electrons. The number of nitrogens with zero attached hydrogens (tertiary/aromatic N) is 1. The molecule has 5 nitrogen and oxygen atoms in total. The molecule has 0 aliphatic carbocycles. The average Bonchev–Trinajstić information content (AvgIpc) is 2.89. The van der Waals surface area contributed by atoms with E-state index in [2.05, 4.69) is 6.58 Å². The number of ether oxygens (including phenoxy) is 3. The number of hydrogen-bond acceptors (Lipinski definition) is 4. The summed E-state index contributed by atoms with van der Waals surface area (Å²) in [4.78, 5) is 13.7. The van der Waals surface area contributed by atoms with Crippen LogP contribution in [0.5, 0.6) is 17.2 Å². The lowest BCUT2D eigenvalue weighted by Gasteiger charge is -2.21. The minimum absolute atomic E-state index is 0.000758. The molecule has 1 aliphatic rings. The Morgan fingerprint density at radius 2 is 2.15 bits per heavy atom. The summed E-state index contributed by atoms with van der Waals surface area (Å²) in [6.07, 6.45) is 0. The Balaban J connectivity index is 1.91. The molecular weight excluding hydrogens is 258 g/mol. The first-order valence-corrected chi connectivity index (χ1v) is 6.54. The van der Waals surface area contributed by atoms with Crippen molar-refractivity contribution in [2.24, 2.45) is 0 Å². The van der Waals surface area contributed by atoms with Crippen molar-refractivity contribution in [3.05, 3.63) is 30.4 Å². The minimum atomic E-state index is -0.0619. The topological polar surface area (TPSA) is 48.0 Å². The quantitative estimate of drug-likeness (QED) is 0.748. The summed E-state index contributed by atoms with van der Waals surface area (Å²) in [5, 5.41) is 0. The van der Waals surface area contributed by atoms with Crippen molar-refractivity contribution in [1.82, 2.24) is 4.90 Å². The molecule has 1 aliphatic heterocycles. The fourth-order valence-corrected chi connectivity index (χ4v) is 1.91. The van der Waals surface area contributed by atoms with Crippen LogP contribution in [0.25, 0.3) is 0 Å². The first-order chi connectivity index (χ1) is 9.60. The Morgan fingerprint density at radius 3 is 2.85 bits per heavy atom. The minimum Gasteiger partial charge on any atom is -0.484 e. The number of benzene rings is 1. The molecule has 5 heteroatoms. The second kappa shape index (κ2) is 6.32. The number of hydrogen-bond donors (Lipinski definition) is 0. The van der Waals surface area contributed by atoms with E-state index < -0.39 is 0 Å². The molecule has 1 heterocycles. The molecule has 20 heavy (non-hydrogen) atoms. The van der Waals surface area contributed by atoms with E-state index in [1.54, 1.807) is 23.1 Å². The van der Waals surface area contributed by atoms with E-state index in [4.69, 9.17) is 14.2 Å². The highest BCUT2D eigenvalue weighted by molar-refractivity contribution is 5.78. The fourth-order valence-electron chi connectivity index (χ4n) is 1.91. The van der Waals surface area contributed by atoms with E-state index in [1.165, 1.54) is 0 Å². The van der Waals surface area contributed by atoms with Gasteiger partial charge in [0, 0.05) is 19.2 Å². The molecule has 1 aromatic carbocycles. The third kappa shape index (κ3) is 3.44. The molecule has 0 unspecified atom stereocenters. The Labute approximate surface area is 118 Å². The third-order valence-corrected chi connectivity index (χ3v) is 2.90. The van der Waals surface area contributed by atoms with Gasteiger partial charge in [0.15, 0.2) is 18.1 Å². The molecule has 1 aromatic rings. The van der Waals surface area contributed by atoms with Crippen LogP contribution < -0.4 is 14.2 Å². The summed E-state index contributed by atoms with van der Waals surface area (Å²) >= 11 is 0. The lowest BCUT2D eigenvalue weighted by molar-refractivity contribution is -0.132. The van der Waals surface area contributed by atoms with Crippen LogP contribution in [0.2, 0.25) is 0 Å². The van der Waals surface area contributed by atoms with E-state index >= 15 is 0 Å². The zero-order chi connectivity index (χ0) is 14.5. The molecule has 0 saturated heterocycles. The lowest BCUT2D eigenvalue weighted by Crippen LogP contribution is -2.35. The number of likely N-dealkylation sites (N-methyl/N-ethyl adjacent to an activating group) is 1. The maximum atomic E-state index is 12.0. The number of amides is 1. The number of carbonyl (C=O) groups excluding carboxylic acids is 1. The van der Waals surface area contributed by atoms with Crippen molar-refractivity contribution in [3.63, 3.8) is 0 Å². The number of fused-ring (bicyclic) bond motifs is 1. The predicted octanol–water partition coefficient (Wildman–Crippen LogP) is 2.22. The first kappa shape index (κ1) is 14.2. The molecule has 0 saturated carbocycles. The zero-order valence-corrected chi connectivity index (χ0v) is 11.8. The van der Waals surface area contributed by atoms with Crippen molar-refractivity contribution in [2.45, 2.75) is 13.8 Å². The maximum absolute atomic E-state index is 12.0. The second-order valence-electron chi connectivity index (χ2n) is 4.67. The standard InChI is InChI=1S/C15H19NO4/c1-4-16(8-11(2)3)15(17)9-18-12-5-6-13-14(7-12)20-10-19-13/h5-7H,2,4,8-10H2,1,3H3. The number of rotatable bonds is 6. The smallest absolute Gasteiger partial charge is 0.260 e. The van der Waals surface area contributed by atoms with Crippen LogP contribution in [0.1, 0.15) is 13.8 Å². The Kier molecular flexibility index (Phi) is 4.50. The van der Waals surface area contributed by atoms with Gasteiger partial charge in [-0.15, -0.1) is 0 Å². The summed E-state index contributed by atoms with van der Waals surface area (Å²) < 4.78 is 16.0. The van der Waals surface area contributed by atoms with Gasteiger partial charge in [-0.2, -0.15) is 0 Å². The van der Waals surface area contributed by atoms with Gasteiger partial charge >= 0.3 is 0 Å². The molecule has 0 bridgehead atoms. The molecule has 108 valence electrons. The molecule has 1 amide bonds. The van der Waals surface area contributed by atoms with Gasteiger partial charge in [0.2, 0.25) is 6.79 Å². The van der Waals surface area contributed by atoms with Crippen molar-refractivity contribution in [2.75, 3.05) is 26.5 Å². The van der Waals surface area contributed by atoms with Crippen molar-refractivity contribution >= 4 is 5.91 Å². The normalized spacial score (nSPS) is 12.1. The van der Waals surface area contributed by atoms with Gasteiger partial charge in [-0.3, -0.25) is 4.79 Å². The molecular formula is C15H19NO4. The first-order valence-electron chi connectivity index (χ1n) is 6.54. The fraction of sp³-hybridized carbons (Fsp3) is 0.400. The summed E-state index contributed by atoms with van der Waals surface area (Å²) in [5.74, 6) is 1.87. The van der Waals surface area contributed by atoms with Crippen LogP contribution in [0.15, 0.2) is 30.4 Å². The van der Waals surface area contributed by atoms with Crippen LogP contribution in [-0.4, -0.2) is 37.3 Å². The SMILES string of the molecule is C=C(C)CN(CC)C(=O)COc1ccc2c(c1)OCO2. The van der Waals surface area contributed by atoms with Gasteiger partial charge in [-0.1, -0.05) is 12.2 Å². The molecule has 0 atom stereocenters. The van der Waals surface area contributed by atoms with Gasteiger partial charge < -0.3 is 19.1 Å². The average molecular weight is 277 g/mol. The summed E-state index contributed by atoms with van der Waals surface area (Å²) in [7, 11) is 0. The highest BCUT2D eigenvalue weighted by Crippen LogP contribution is 2.35. The number of carbonyl (C=O) groups is 1. The van der Waals surface area contributed by atoms with E-state index in [9.17, 15) is 4.79 Å². The van der Waals surface area contributed by atoms with Crippen LogP contribution in [0.3, 0.4) is 0 Å². The van der Waals surface area contributed by atoms with Crippen molar-refractivity contribution < 1.29 is 19.0 Å². The van der Waals surface area contributed by atoms with Gasteiger partial charge in [0.25, 0.3) is 5.91 Å². The Morgan fingerprint density at radius 1 is 1.40 bits per heavy atom. The Bertz CT molecular complexity index is 513. The van der Waals surface area contributed by atoms with E-state index in [-0.39, 0.29) is 19.3 Å². The van der Waals surface area contributed by atoms with Gasteiger partial charge in [0.05, 0.1) is 0 Å². The molecule has 0 fully saturated rings.